The third-order valence-electron chi connectivity index (χ3n) is 2.56. The number of hydrogen-bond donors (Lipinski definition) is 1. The molecule has 1 aromatic rings. The lowest BCUT2D eigenvalue weighted by molar-refractivity contribution is -0.137. The van der Waals surface area contributed by atoms with Crippen LogP contribution in [0.5, 0.6) is 5.75 Å². The third kappa shape index (κ3) is 6.15. The Morgan fingerprint density at radius 3 is 2.74 bits per heavy atom. The molecule has 0 aliphatic rings. The first-order valence-electron chi connectivity index (χ1n) is 5.92. The Balaban J connectivity index is 2.53. The van der Waals surface area contributed by atoms with Crippen LogP contribution in [0, 0.1) is 0 Å². The highest BCUT2D eigenvalue weighted by Crippen LogP contribution is 2.21. The molecule has 0 saturated heterocycles. The molecule has 0 atom stereocenters. The van der Waals surface area contributed by atoms with E-state index in [9.17, 15) is 13.6 Å². The van der Waals surface area contributed by atoms with Crippen molar-refractivity contribution >= 4 is 5.97 Å². The van der Waals surface area contributed by atoms with Gasteiger partial charge in [-0.25, -0.2) is 0 Å². The molecule has 0 aromatic heterocycles. The molecule has 0 bridgehead atoms. The first-order chi connectivity index (χ1) is 8.99. The van der Waals surface area contributed by atoms with Gasteiger partial charge in [-0.1, -0.05) is 18.2 Å². The summed E-state index contributed by atoms with van der Waals surface area (Å²) in [7, 11) is 1.81. The van der Waals surface area contributed by atoms with Crippen molar-refractivity contribution in [2.24, 2.45) is 0 Å². The van der Waals surface area contributed by atoms with Gasteiger partial charge in [-0.2, -0.15) is 8.78 Å². The van der Waals surface area contributed by atoms with Crippen molar-refractivity contribution in [3.63, 3.8) is 0 Å². The quantitative estimate of drug-likeness (QED) is 0.791. The zero-order valence-corrected chi connectivity index (χ0v) is 10.7. The Bertz CT molecular complexity index is 413. The maximum absolute atomic E-state index is 12.2. The van der Waals surface area contributed by atoms with Crippen LogP contribution in [0.15, 0.2) is 24.3 Å². The Kier molecular flexibility index (Phi) is 6.21. The minimum atomic E-state index is -2.85. The van der Waals surface area contributed by atoms with Gasteiger partial charge < -0.3 is 14.7 Å². The number of alkyl halides is 2. The SMILES string of the molecule is CN(CCCC(=O)O)Cc1ccccc1OC(F)F. The van der Waals surface area contributed by atoms with Gasteiger partial charge in [-0.3, -0.25) is 4.79 Å². The zero-order chi connectivity index (χ0) is 14.3. The summed E-state index contributed by atoms with van der Waals surface area (Å²) in [6, 6.07) is 6.59. The minimum Gasteiger partial charge on any atom is -0.481 e. The highest BCUT2D eigenvalue weighted by atomic mass is 19.3. The van der Waals surface area contributed by atoms with Gasteiger partial charge in [0.05, 0.1) is 0 Å². The second kappa shape index (κ2) is 7.68. The summed E-state index contributed by atoms with van der Waals surface area (Å²) in [6.45, 7) is -1.84. The van der Waals surface area contributed by atoms with Crippen molar-refractivity contribution in [1.29, 1.82) is 0 Å². The average molecular weight is 273 g/mol. The summed E-state index contributed by atoms with van der Waals surface area (Å²) in [4.78, 5) is 12.3. The van der Waals surface area contributed by atoms with Crippen molar-refractivity contribution in [1.82, 2.24) is 4.90 Å². The smallest absolute Gasteiger partial charge is 0.387 e. The normalized spacial score (nSPS) is 11.0. The van der Waals surface area contributed by atoms with Gasteiger partial charge in [0.15, 0.2) is 0 Å². The number of halogens is 2. The fraction of sp³-hybridized carbons (Fsp3) is 0.462. The van der Waals surface area contributed by atoms with Crippen molar-refractivity contribution in [3.8, 4) is 5.75 Å². The van der Waals surface area contributed by atoms with Crippen LogP contribution in [0.3, 0.4) is 0 Å². The van der Waals surface area contributed by atoms with Crippen LogP contribution >= 0.6 is 0 Å². The summed E-state index contributed by atoms with van der Waals surface area (Å²) in [6.07, 6.45) is 0.614. The number of carboxylic acids is 1. The number of aliphatic carboxylic acids is 1. The average Bonchev–Trinajstić information content (AvgIpc) is 2.30. The van der Waals surface area contributed by atoms with E-state index in [0.717, 1.165) is 0 Å². The predicted molar refractivity (Wildman–Crippen MR) is 66.3 cm³/mol. The van der Waals surface area contributed by atoms with Crippen LogP contribution in [0.2, 0.25) is 0 Å². The summed E-state index contributed by atoms with van der Waals surface area (Å²) in [5, 5.41) is 8.54. The second-order valence-electron chi connectivity index (χ2n) is 4.22. The molecule has 0 saturated carbocycles. The Hall–Kier alpha value is -1.69. The Morgan fingerprint density at radius 1 is 1.42 bits per heavy atom. The van der Waals surface area contributed by atoms with Gasteiger partial charge in [0.25, 0.3) is 0 Å². The molecule has 0 spiro atoms. The molecule has 4 nitrogen and oxygen atoms in total. The molecule has 106 valence electrons. The standard InChI is InChI=1S/C13H17F2NO3/c1-16(8-4-7-12(17)18)9-10-5-2-3-6-11(10)19-13(14)15/h2-3,5-6,13H,4,7-9H2,1H3,(H,17,18). The van der Waals surface area contributed by atoms with Crippen molar-refractivity contribution in [2.45, 2.75) is 26.0 Å². The lowest BCUT2D eigenvalue weighted by Crippen LogP contribution is -2.20. The van der Waals surface area contributed by atoms with Crippen LogP contribution in [0.4, 0.5) is 8.78 Å². The summed E-state index contributed by atoms with van der Waals surface area (Å²) in [5.41, 5.74) is 0.653. The van der Waals surface area contributed by atoms with E-state index < -0.39 is 12.6 Å². The van der Waals surface area contributed by atoms with Crippen LogP contribution in [-0.4, -0.2) is 36.2 Å². The molecule has 1 rings (SSSR count). The zero-order valence-electron chi connectivity index (χ0n) is 10.7. The first kappa shape index (κ1) is 15.4. The minimum absolute atomic E-state index is 0.0967. The Labute approximate surface area is 110 Å². The van der Waals surface area contributed by atoms with E-state index in [1.807, 2.05) is 4.90 Å². The molecule has 19 heavy (non-hydrogen) atoms. The first-order valence-corrected chi connectivity index (χ1v) is 5.92. The summed E-state index contributed by atoms with van der Waals surface area (Å²) < 4.78 is 28.9. The molecule has 0 heterocycles. The van der Waals surface area contributed by atoms with Gasteiger partial charge in [0, 0.05) is 18.5 Å². The highest BCUT2D eigenvalue weighted by molar-refractivity contribution is 5.66. The van der Waals surface area contributed by atoms with Crippen LogP contribution in [0.1, 0.15) is 18.4 Å². The van der Waals surface area contributed by atoms with E-state index in [1.165, 1.54) is 6.07 Å². The molecular formula is C13H17F2NO3. The second-order valence-corrected chi connectivity index (χ2v) is 4.22. The fourth-order valence-corrected chi connectivity index (χ4v) is 1.72. The Morgan fingerprint density at radius 2 is 2.11 bits per heavy atom. The topological polar surface area (TPSA) is 49.8 Å². The highest BCUT2D eigenvalue weighted by Gasteiger charge is 2.10. The maximum atomic E-state index is 12.2. The molecule has 0 radical (unpaired) electrons. The maximum Gasteiger partial charge on any atom is 0.387 e. The van der Waals surface area contributed by atoms with Gasteiger partial charge in [-0.05, 0) is 26.1 Å². The summed E-state index contributed by atoms with van der Waals surface area (Å²) in [5.74, 6) is -0.683. The fourth-order valence-electron chi connectivity index (χ4n) is 1.72. The van der Waals surface area contributed by atoms with E-state index >= 15 is 0 Å². The van der Waals surface area contributed by atoms with Gasteiger partial charge >= 0.3 is 12.6 Å². The molecule has 0 unspecified atom stereocenters. The van der Waals surface area contributed by atoms with E-state index in [1.54, 1.807) is 25.2 Å². The van der Waals surface area contributed by atoms with Crippen LogP contribution in [-0.2, 0) is 11.3 Å². The summed E-state index contributed by atoms with van der Waals surface area (Å²) >= 11 is 0. The van der Waals surface area contributed by atoms with Crippen LogP contribution in [0.25, 0.3) is 0 Å². The van der Waals surface area contributed by atoms with Crippen molar-refractivity contribution < 1.29 is 23.4 Å². The van der Waals surface area contributed by atoms with E-state index in [-0.39, 0.29) is 12.2 Å². The van der Waals surface area contributed by atoms with Gasteiger partial charge in [0.2, 0.25) is 0 Å². The largest absolute Gasteiger partial charge is 0.481 e. The molecular weight excluding hydrogens is 256 g/mol. The molecule has 1 N–H and O–H groups in total. The number of para-hydroxylation sites is 1. The number of ether oxygens (including phenoxy) is 1. The monoisotopic (exact) mass is 273 g/mol. The molecule has 6 heteroatoms. The van der Waals surface area contributed by atoms with Crippen LogP contribution < -0.4 is 4.74 Å². The lowest BCUT2D eigenvalue weighted by atomic mass is 10.2. The predicted octanol–water partition coefficient (Wildman–Crippen LogP) is 2.58. The van der Waals surface area contributed by atoms with Crippen molar-refractivity contribution in [2.75, 3.05) is 13.6 Å². The molecule has 0 aliphatic carbocycles. The van der Waals surface area contributed by atoms with Gasteiger partial charge in [0.1, 0.15) is 5.75 Å². The number of hydrogen-bond acceptors (Lipinski definition) is 3. The van der Waals surface area contributed by atoms with E-state index in [2.05, 4.69) is 4.74 Å². The lowest BCUT2D eigenvalue weighted by Gasteiger charge is -2.18. The number of nitrogens with zero attached hydrogens (tertiary/aromatic N) is 1. The molecule has 0 fully saturated rings. The van der Waals surface area contributed by atoms with E-state index in [4.69, 9.17) is 5.11 Å². The molecule has 0 aliphatic heterocycles. The van der Waals surface area contributed by atoms with E-state index in [0.29, 0.717) is 25.1 Å². The number of carboxylic acid groups (broad SMARTS) is 1. The third-order valence-corrected chi connectivity index (χ3v) is 2.56. The van der Waals surface area contributed by atoms with Gasteiger partial charge in [-0.15, -0.1) is 0 Å². The number of rotatable bonds is 8. The molecule has 0 amide bonds. The van der Waals surface area contributed by atoms with Crippen molar-refractivity contribution in [3.05, 3.63) is 29.8 Å². The molecule has 1 aromatic carbocycles. The number of benzene rings is 1. The number of carbonyl (C=O) groups is 1.